The van der Waals surface area contributed by atoms with Crippen LogP contribution >= 0.6 is 0 Å². The van der Waals surface area contributed by atoms with Crippen LogP contribution in [0.1, 0.15) is 11.1 Å². The molecule has 19 heavy (non-hydrogen) atoms. The Morgan fingerprint density at radius 3 is 2.32 bits per heavy atom. The second-order valence-electron chi connectivity index (χ2n) is 5.10. The predicted octanol–water partition coefficient (Wildman–Crippen LogP) is 3.67. The van der Waals surface area contributed by atoms with Crippen LogP contribution in [-0.2, 0) is 6.61 Å². The second kappa shape index (κ2) is 5.92. The minimum Gasteiger partial charge on any atom is -0.489 e. The number of benzene rings is 2. The zero-order valence-electron chi connectivity index (χ0n) is 11.6. The van der Waals surface area contributed by atoms with E-state index in [2.05, 4.69) is 25.8 Å². The van der Waals surface area contributed by atoms with Gasteiger partial charge in [-0.2, -0.15) is 0 Å². The number of ether oxygens (including phenoxy) is 1. The van der Waals surface area contributed by atoms with E-state index < -0.39 is 0 Å². The summed E-state index contributed by atoms with van der Waals surface area (Å²) in [5.41, 5.74) is 2.92. The molecule has 0 aliphatic rings. The molecule has 0 aliphatic carbocycles. The van der Waals surface area contributed by atoms with Crippen LogP contribution < -0.4 is 10.2 Å². The molecule has 0 aliphatic heterocycles. The number of halogens is 1. The van der Waals surface area contributed by atoms with Gasteiger partial charge in [0, 0.05) is 0 Å². The maximum Gasteiger partial charge on any atom is 0.169 e. The summed E-state index contributed by atoms with van der Waals surface area (Å²) in [6.07, 6.45) is 0. The molecular formula is C16H18BFO. The zero-order chi connectivity index (χ0) is 13.8. The molecule has 0 N–H and O–H groups in total. The average Bonchev–Trinajstić information content (AvgIpc) is 2.40. The molecule has 0 fully saturated rings. The van der Waals surface area contributed by atoms with E-state index in [0.717, 1.165) is 11.3 Å². The largest absolute Gasteiger partial charge is 0.489 e. The van der Waals surface area contributed by atoms with Gasteiger partial charge < -0.3 is 4.74 Å². The van der Waals surface area contributed by atoms with Crippen molar-refractivity contribution in [1.29, 1.82) is 0 Å². The van der Waals surface area contributed by atoms with Gasteiger partial charge >= 0.3 is 0 Å². The Morgan fingerprint density at radius 1 is 1.05 bits per heavy atom. The van der Waals surface area contributed by atoms with Crippen molar-refractivity contribution in [2.75, 3.05) is 0 Å². The highest BCUT2D eigenvalue weighted by atomic mass is 19.1. The molecule has 0 aromatic heterocycles. The Kier molecular flexibility index (Phi) is 4.25. The number of hydrogen-bond acceptors (Lipinski definition) is 1. The first-order chi connectivity index (χ1) is 9.06. The molecule has 0 atom stereocenters. The van der Waals surface area contributed by atoms with Crippen LogP contribution in [0.3, 0.4) is 0 Å². The molecule has 2 aromatic rings. The fraction of sp³-hybridized carbons (Fsp3) is 0.250. The Balaban J connectivity index is 2.00. The standard InChI is InChI=1S/C16H18BFO/c1-12-10-13(4-9-16(12)18)11-19-15-7-5-14(6-8-15)17(2)3/h4-10H,11H2,1-3H3. The fourth-order valence-corrected chi connectivity index (χ4v) is 1.91. The third-order valence-electron chi connectivity index (χ3n) is 3.17. The second-order valence-corrected chi connectivity index (χ2v) is 5.10. The van der Waals surface area contributed by atoms with Gasteiger partial charge in [0.1, 0.15) is 18.2 Å². The minimum absolute atomic E-state index is 0.176. The molecule has 0 saturated heterocycles. The smallest absolute Gasteiger partial charge is 0.169 e. The lowest BCUT2D eigenvalue weighted by atomic mass is 9.49. The summed E-state index contributed by atoms with van der Waals surface area (Å²) in [7, 11) is 0. The summed E-state index contributed by atoms with van der Waals surface area (Å²) in [6.45, 7) is 7.07. The molecule has 0 heterocycles. The molecule has 0 bridgehead atoms. The highest BCUT2D eigenvalue weighted by Crippen LogP contribution is 2.14. The summed E-state index contributed by atoms with van der Waals surface area (Å²) < 4.78 is 18.8. The highest BCUT2D eigenvalue weighted by molar-refractivity contribution is 6.70. The van der Waals surface area contributed by atoms with Crippen molar-refractivity contribution in [3.8, 4) is 5.75 Å². The summed E-state index contributed by atoms with van der Waals surface area (Å²) in [5.74, 6) is 0.663. The van der Waals surface area contributed by atoms with Gasteiger partial charge in [-0.3, -0.25) is 0 Å². The van der Waals surface area contributed by atoms with E-state index >= 15 is 0 Å². The first kappa shape index (κ1) is 13.7. The molecule has 0 spiro atoms. The maximum atomic E-state index is 13.1. The molecule has 2 rings (SSSR count). The first-order valence-corrected chi connectivity index (χ1v) is 6.54. The van der Waals surface area contributed by atoms with E-state index in [1.807, 2.05) is 18.2 Å². The van der Waals surface area contributed by atoms with Gasteiger partial charge in [-0.15, -0.1) is 0 Å². The topological polar surface area (TPSA) is 9.23 Å². The molecule has 3 heteroatoms. The quantitative estimate of drug-likeness (QED) is 0.758. The van der Waals surface area contributed by atoms with Crippen LogP contribution in [0.15, 0.2) is 42.5 Å². The Labute approximate surface area is 114 Å². The lowest BCUT2D eigenvalue weighted by Crippen LogP contribution is -2.21. The molecule has 0 amide bonds. The number of hydrogen-bond donors (Lipinski definition) is 0. The van der Waals surface area contributed by atoms with E-state index in [1.165, 1.54) is 11.5 Å². The van der Waals surface area contributed by atoms with Gasteiger partial charge in [0.05, 0.1) is 0 Å². The van der Waals surface area contributed by atoms with Crippen molar-refractivity contribution in [3.63, 3.8) is 0 Å². The van der Waals surface area contributed by atoms with Crippen LogP contribution in [-0.4, -0.2) is 6.71 Å². The Bertz CT molecular complexity index is 549. The molecule has 1 nitrogen and oxygen atoms in total. The zero-order valence-corrected chi connectivity index (χ0v) is 11.6. The summed E-state index contributed by atoms with van der Waals surface area (Å²) in [4.78, 5) is 0. The fourth-order valence-electron chi connectivity index (χ4n) is 1.91. The monoisotopic (exact) mass is 256 g/mol. The molecule has 0 radical (unpaired) electrons. The number of aryl methyl sites for hydroxylation is 1. The van der Waals surface area contributed by atoms with Gasteiger partial charge in [-0.05, 0) is 42.3 Å². The van der Waals surface area contributed by atoms with E-state index in [9.17, 15) is 4.39 Å². The summed E-state index contributed by atoms with van der Waals surface area (Å²) >= 11 is 0. The number of rotatable bonds is 4. The van der Waals surface area contributed by atoms with E-state index in [0.29, 0.717) is 18.9 Å². The predicted molar refractivity (Wildman–Crippen MR) is 79.0 cm³/mol. The molecule has 98 valence electrons. The third kappa shape index (κ3) is 3.60. The van der Waals surface area contributed by atoms with Crippen molar-refractivity contribution in [1.82, 2.24) is 0 Å². The van der Waals surface area contributed by atoms with Gasteiger partial charge in [-0.1, -0.05) is 37.3 Å². The Hall–Kier alpha value is -1.77. The van der Waals surface area contributed by atoms with Crippen molar-refractivity contribution in [2.24, 2.45) is 0 Å². The molecule has 2 aromatic carbocycles. The summed E-state index contributed by atoms with van der Waals surface area (Å²) in [6, 6.07) is 13.2. The van der Waals surface area contributed by atoms with Gasteiger partial charge in [0.15, 0.2) is 6.71 Å². The van der Waals surface area contributed by atoms with Crippen LogP contribution in [0.4, 0.5) is 4.39 Å². The summed E-state index contributed by atoms with van der Waals surface area (Å²) in [5, 5.41) is 0. The van der Waals surface area contributed by atoms with Gasteiger partial charge in [0.25, 0.3) is 0 Å². The minimum atomic E-state index is -0.176. The Morgan fingerprint density at radius 2 is 1.74 bits per heavy atom. The van der Waals surface area contributed by atoms with Gasteiger partial charge in [-0.25, -0.2) is 4.39 Å². The third-order valence-corrected chi connectivity index (χ3v) is 3.17. The normalized spacial score (nSPS) is 10.3. The lowest BCUT2D eigenvalue weighted by molar-refractivity contribution is 0.306. The SMILES string of the molecule is CB(C)c1ccc(OCc2ccc(F)c(C)c2)cc1. The molecule has 0 unspecified atom stereocenters. The lowest BCUT2D eigenvalue weighted by Gasteiger charge is -2.09. The van der Waals surface area contributed by atoms with Crippen LogP contribution in [0.2, 0.25) is 13.6 Å². The van der Waals surface area contributed by atoms with E-state index in [-0.39, 0.29) is 5.82 Å². The van der Waals surface area contributed by atoms with E-state index in [1.54, 1.807) is 13.0 Å². The van der Waals surface area contributed by atoms with Crippen molar-refractivity contribution >= 4 is 12.2 Å². The van der Waals surface area contributed by atoms with E-state index in [4.69, 9.17) is 4.74 Å². The highest BCUT2D eigenvalue weighted by Gasteiger charge is 2.03. The molecular weight excluding hydrogens is 238 g/mol. The van der Waals surface area contributed by atoms with Crippen molar-refractivity contribution in [3.05, 3.63) is 59.4 Å². The molecule has 0 saturated carbocycles. The first-order valence-electron chi connectivity index (χ1n) is 6.54. The maximum absolute atomic E-state index is 13.1. The van der Waals surface area contributed by atoms with Crippen LogP contribution in [0.25, 0.3) is 0 Å². The van der Waals surface area contributed by atoms with Gasteiger partial charge in [0.2, 0.25) is 0 Å². The average molecular weight is 256 g/mol. The van der Waals surface area contributed by atoms with Crippen LogP contribution in [0, 0.1) is 12.7 Å². The van der Waals surface area contributed by atoms with Crippen LogP contribution in [0.5, 0.6) is 5.75 Å². The van der Waals surface area contributed by atoms with Crippen molar-refractivity contribution in [2.45, 2.75) is 27.2 Å². The van der Waals surface area contributed by atoms with Crippen molar-refractivity contribution < 1.29 is 9.13 Å².